The minimum atomic E-state index is -0.964. The summed E-state index contributed by atoms with van der Waals surface area (Å²) in [5, 5.41) is 13.9. The van der Waals surface area contributed by atoms with Gasteiger partial charge in [0.25, 0.3) is 11.7 Å². The third-order valence-corrected chi connectivity index (χ3v) is 2.78. The Bertz CT molecular complexity index is 657. The number of carbonyl (C=O) groups excluding carboxylic acids is 1. The van der Waals surface area contributed by atoms with Crippen molar-refractivity contribution in [3.63, 3.8) is 0 Å². The second-order valence-electron chi connectivity index (χ2n) is 5.66. The van der Waals surface area contributed by atoms with E-state index in [4.69, 9.17) is 0 Å². The average molecular weight is 277 g/mol. The lowest BCUT2D eigenvalue weighted by Crippen LogP contribution is -2.40. The van der Waals surface area contributed by atoms with Crippen LogP contribution in [-0.2, 0) is 0 Å². The van der Waals surface area contributed by atoms with Crippen LogP contribution in [0.15, 0.2) is 6.07 Å². The van der Waals surface area contributed by atoms with Crippen molar-refractivity contribution in [3.8, 4) is 0 Å². The molecule has 2 aromatic heterocycles. The van der Waals surface area contributed by atoms with E-state index in [1.54, 1.807) is 20.9 Å². The molecule has 2 heterocycles. The van der Waals surface area contributed by atoms with Crippen LogP contribution in [0.25, 0.3) is 5.78 Å². The number of amides is 1. The Morgan fingerprint density at radius 1 is 1.40 bits per heavy atom. The normalized spacial score (nSPS) is 11.9. The summed E-state index contributed by atoms with van der Waals surface area (Å²) in [6.07, 6.45) is 0. The first-order valence-corrected chi connectivity index (χ1v) is 6.36. The van der Waals surface area contributed by atoms with Gasteiger partial charge in [-0.2, -0.15) is 4.98 Å². The minimum absolute atomic E-state index is 0.0814. The Labute approximate surface area is 117 Å². The van der Waals surface area contributed by atoms with Gasteiger partial charge >= 0.3 is 0 Å². The molecule has 0 aromatic carbocycles. The number of fused-ring (bicyclic) bond motifs is 1. The Morgan fingerprint density at radius 2 is 2.05 bits per heavy atom. The molecule has 0 aliphatic carbocycles. The third-order valence-electron chi connectivity index (χ3n) is 2.78. The largest absolute Gasteiger partial charge is 0.389 e. The zero-order valence-electron chi connectivity index (χ0n) is 12.4. The number of hydrogen-bond acceptors (Lipinski definition) is 5. The van der Waals surface area contributed by atoms with E-state index in [2.05, 4.69) is 15.1 Å². The molecule has 1 N–H and O–H groups in total. The molecule has 0 aliphatic rings. The maximum Gasteiger partial charge on any atom is 0.293 e. The van der Waals surface area contributed by atoms with Gasteiger partial charge in [-0.15, -0.1) is 5.10 Å². The molecule has 0 unspecified atom stereocenters. The Morgan fingerprint density at radius 3 is 2.65 bits per heavy atom. The summed E-state index contributed by atoms with van der Waals surface area (Å²) >= 11 is 0. The second kappa shape index (κ2) is 4.82. The van der Waals surface area contributed by atoms with E-state index in [1.807, 2.05) is 19.9 Å². The lowest BCUT2D eigenvalue weighted by Gasteiger charge is -2.24. The molecule has 0 fully saturated rings. The van der Waals surface area contributed by atoms with Gasteiger partial charge in [0.2, 0.25) is 5.82 Å². The summed E-state index contributed by atoms with van der Waals surface area (Å²) in [6.45, 7) is 7.23. The van der Waals surface area contributed by atoms with Crippen molar-refractivity contribution in [2.45, 2.75) is 33.3 Å². The van der Waals surface area contributed by atoms with Gasteiger partial charge in [0.1, 0.15) is 0 Å². The monoisotopic (exact) mass is 277 g/mol. The number of rotatable bonds is 3. The van der Waals surface area contributed by atoms with Crippen molar-refractivity contribution in [3.05, 3.63) is 23.3 Å². The van der Waals surface area contributed by atoms with Gasteiger partial charge in [-0.05, 0) is 33.8 Å². The van der Waals surface area contributed by atoms with E-state index >= 15 is 0 Å². The molecule has 0 atom stereocenters. The highest BCUT2D eigenvalue weighted by Gasteiger charge is 2.23. The van der Waals surface area contributed by atoms with Crippen LogP contribution in [-0.4, -0.2) is 54.7 Å². The van der Waals surface area contributed by atoms with Crippen LogP contribution in [0.5, 0.6) is 0 Å². The van der Waals surface area contributed by atoms with Crippen molar-refractivity contribution in [2.24, 2.45) is 0 Å². The van der Waals surface area contributed by atoms with Crippen LogP contribution in [0.1, 0.15) is 35.9 Å². The summed E-state index contributed by atoms with van der Waals surface area (Å²) in [4.78, 5) is 22.0. The minimum Gasteiger partial charge on any atom is -0.389 e. The number of aromatic nitrogens is 4. The van der Waals surface area contributed by atoms with Crippen molar-refractivity contribution in [1.82, 2.24) is 24.5 Å². The number of hydrogen-bond donors (Lipinski definition) is 1. The smallest absolute Gasteiger partial charge is 0.293 e. The quantitative estimate of drug-likeness (QED) is 0.887. The van der Waals surface area contributed by atoms with Crippen LogP contribution in [0.3, 0.4) is 0 Å². The zero-order chi connectivity index (χ0) is 15.1. The zero-order valence-corrected chi connectivity index (χ0v) is 12.4. The predicted molar refractivity (Wildman–Crippen MR) is 73.5 cm³/mol. The van der Waals surface area contributed by atoms with Gasteiger partial charge in [0.05, 0.1) is 5.60 Å². The summed E-state index contributed by atoms with van der Waals surface area (Å²) in [5.41, 5.74) is 0.726. The SMILES string of the molecule is Cc1cc(C)n2nc(C(=O)N(C)CC(C)(C)O)nc2n1. The molecule has 108 valence electrons. The molecular weight excluding hydrogens is 258 g/mol. The fourth-order valence-corrected chi connectivity index (χ4v) is 2.08. The van der Waals surface area contributed by atoms with E-state index in [1.165, 1.54) is 9.42 Å². The number of aryl methyl sites for hydroxylation is 2. The van der Waals surface area contributed by atoms with Gasteiger partial charge < -0.3 is 10.0 Å². The maximum absolute atomic E-state index is 12.2. The highest BCUT2D eigenvalue weighted by atomic mass is 16.3. The van der Waals surface area contributed by atoms with Crippen LogP contribution in [0, 0.1) is 13.8 Å². The van der Waals surface area contributed by atoms with Crippen molar-refractivity contribution >= 4 is 11.7 Å². The summed E-state index contributed by atoms with van der Waals surface area (Å²) in [6, 6.07) is 1.87. The predicted octanol–water partition coefficient (Wildman–Crippen LogP) is 0.584. The van der Waals surface area contributed by atoms with E-state index in [9.17, 15) is 9.90 Å². The highest BCUT2D eigenvalue weighted by molar-refractivity contribution is 5.90. The first kappa shape index (κ1) is 14.4. The van der Waals surface area contributed by atoms with Crippen LogP contribution in [0.2, 0.25) is 0 Å². The fourth-order valence-electron chi connectivity index (χ4n) is 2.08. The Balaban J connectivity index is 2.34. The van der Waals surface area contributed by atoms with Crippen molar-refractivity contribution in [2.75, 3.05) is 13.6 Å². The van der Waals surface area contributed by atoms with Crippen molar-refractivity contribution < 1.29 is 9.90 Å². The van der Waals surface area contributed by atoms with E-state index in [-0.39, 0.29) is 18.3 Å². The molecular formula is C13H19N5O2. The number of aliphatic hydroxyl groups is 1. The fraction of sp³-hybridized carbons (Fsp3) is 0.538. The first-order chi connectivity index (χ1) is 9.17. The van der Waals surface area contributed by atoms with Crippen LogP contribution < -0.4 is 0 Å². The molecule has 1 amide bonds. The van der Waals surface area contributed by atoms with Crippen LogP contribution in [0.4, 0.5) is 0 Å². The maximum atomic E-state index is 12.2. The third kappa shape index (κ3) is 2.93. The molecule has 0 radical (unpaired) electrons. The summed E-state index contributed by atoms with van der Waals surface area (Å²) in [5.74, 6) is 0.148. The highest BCUT2D eigenvalue weighted by Crippen LogP contribution is 2.09. The molecule has 0 spiro atoms. The summed E-state index contributed by atoms with van der Waals surface area (Å²) < 4.78 is 1.54. The molecule has 0 saturated carbocycles. The molecule has 2 aromatic rings. The Kier molecular flexibility index (Phi) is 3.47. The van der Waals surface area contributed by atoms with E-state index in [0.29, 0.717) is 5.78 Å². The standard InChI is InChI=1S/C13H19N5O2/c1-8-6-9(2)18-12(14-8)15-10(16-18)11(19)17(5)7-13(3,4)20/h6,20H,7H2,1-5H3. The average Bonchev–Trinajstić information content (AvgIpc) is 2.69. The van der Waals surface area contributed by atoms with Crippen LogP contribution >= 0.6 is 0 Å². The molecule has 2 rings (SSSR count). The second-order valence-corrected chi connectivity index (χ2v) is 5.66. The lowest BCUT2D eigenvalue weighted by molar-refractivity contribution is 0.0361. The molecule has 20 heavy (non-hydrogen) atoms. The lowest BCUT2D eigenvalue weighted by atomic mass is 10.1. The summed E-state index contributed by atoms with van der Waals surface area (Å²) in [7, 11) is 1.61. The number of likely N-dealkylation sites (N-methyl/N-ethyl adjacent to an activating group) is 1. The molecule has 7 heteroatoms. The van der Waals surface area contributed by atoms with E-state index in [0.717, 1.165) is 11.4 Å². The molecule has 0 saturated heterocycles. The number of nitrogens with zero attached hydrogens (tertiary/aromatic N) is 5. The molecule has 0 aliphatic heterocycles. The van der Waals surface area contributed by atoms with Gasteiger partial charge in [-0.1, -0.05) is 0 Å². The Hall–Kier alpha value is -2.02. The molecule has 0 bridgehead atoms. The van der Waals surface area contributed by atoms with Crippen molar-refractivity contribution in [1.29, 1.82) is 0 Å². The van der Waals surface area contributed by atoms with Gasteiger partial charge in [-0.3, -0.25) is 4.79 Å². The topological polar surface area (TPSA) is 83.6 Å². The van der Waals surface area contributed by atoms with Gasteiger partial charge in [0.15, 0.2) is 0 Å². The van der Waals surface area contributed by atoms with Gasteiger partial charge in [-0.25, -0.2) is 9.50 Å². The molecule has 7 nitrogen and oxygen atoms in total. The number of carbonyl (C=O) groups is 1. The van der Waals surface area contributed by atoms with Gasteiger partial charge in [0, 0.05) is 25.0 Å². The van der Waals surface area contributed by atoms with E-state index < -0.39 is 5.60 Å². The first-order valence-electron chi connectivity index (χ1n) is 6.36.